The smallest absolute Gasteiger partial charge is 0.272 e. The summed E-state index contributed by atoms with van der Waals surface area (Å²) in [6.45, 7) is 0. The Balaban J connectivity index is 1.40. The Bertz CT molecular complexity index is 1040. The van der Waals surface area contributed by atoms with Crippen LogP contribution in [-0.2, 0) is 16.7 Å². The molecule has 0 aliphatic carbocycles. The normalized spacial score (nSPS) is 11.7. The number of rotatable bonds is 8. The van der Waals surface area contributed by atoms with Gasteiger partial charge in [0.05, 0.1) is 17.5 Å². The van der Waals surface area contributed by atoms with Gasteiger partial charge in [-0.15, -0.1) is 10.2 Å². The molecule has 31 heavy (non-hydrogen) atoms. The summed E-state index contributed by atoms with van der Waals surface area (Å²) in [6.07, 6.45) is -3.11. The molecule has 1 N–H and O–H groups in total. The van der Waals surface area contributed by atoms with Crippen molar-refractivity contribution in [3.63, 3.8) is 0 Å². The van der Waals surface area contributed by atoms with Gasteiger partial charge in [0, 0.05) is 10.8 Å². The average Bonchev–Trinajstić information content (AvgIpc) is 3.19. The molecule has 0 saturated carbocycles. The van der Waals surface area contributed by atoms with Crippen molar-refractivity contribution in [2.75, 3.05) is 5.75 Å². The summed E-state index contributed by atoms with van der Waals surface area (Å²) >= 11 is 10.0. The summed E-state index contributed by atoms with van der Waals surface area (Å²) in [4.78, 5) is 11.9. The van der Waals surface area contributed by atoms with E-state index in [0.717, 1.165) is 27.8 Å². The summed E-state index contributed by atoms with van der Waals surface area (Å²) in [5.41, 5.74) is 3.14. The summed E-state index contributed by atoms with van der Waals surface area (Å²) in [6, 6.07) is 12.0. The summed E-state index contributed by atoms with van der Waals surface area (Å²) < 4.78 is 39.0. The van der Waals surface area contributed by atoms with Gasteiger partial charge in [0.2, 0.25) is 0 Å². The molecule has 1 aromatic heterocycles. The van der Waals surface area contributed by atoms with Gasteiger partial charge in [-0.1, -0.05) is 70.7 Å². The van der Waals surface area contributed by atoms with Crippen LogP contribution >= 0.6 is 46.5 Å². The minimum atomic E-state index is -4.39. The van der Waals surface area contributed by atoms with Gasteiger partial charge in [-0.05, 0) is 35.4 Å². The van der Waals surface area contributed by atoms with Gasteiger partial charge in [0.1, 0.15) is 0 Å². The number of nitrogens with one attached hydrogen (secondary N) is 1. The molecule has 0 atom stereocenters. The molecule has 5 nitrogen and oxygen atoms in total. The van der Waals surface area contributed by atoms with E-state index in [4.69, 9.17) is 11.6 Å². The lowest BCUT2D eigenvalue weighted by Crippen LogP contribution is -2.19. The van der Waals surface area contributed by atoms with E-state index in [1.807, 2.05) is 24.3 Å². The third-order valence-electron chi connectivity index (χ3n) is 3.63. The van der Waals surface area contributed by atoms with Gasteiger partial charge in [-0.25, -0.2) is 5.43 Å². The van der Waals surface area contributed by atoms with Gasteiger partial charge in [-0.2, -0.15) is 18.3 Å². The monoisotopic (exact) mass is 502 g/mol. The predicted octanol–water partition coefficient (Wildman–Crippen LogP) is 5.75. The number of hydrogen-bond acceptors (Lipinski definition) is 7. The van der Waals surface area contributed by atoms with Crippen molar-refractivity contribution in [1.29, 1.82) is 0 Å². The van der Waals surface area contributed by atoms with E-state index in [2.05, 4.69) is 20.7 Å². The molecule has 0 spiro atoms. The van der Waals surface area contributed by atoms with E-state index >= 15 is 0 Å². The standard InChI is InChI=1S/C19H14ClF3N4OS3/c20-15-7-3-13(4-8-15)10-29-17-26-27-18(31-17)30-11-16(28)25-24-9-12-1-5-14(6-2-12)19(21,22)23/h1-9H,10-11H2,(H,25,28)/b24-9+. The zero-order valence-electron chi connectivity index (χ0n) is 15.6. The molecule has 0 aliphatic heterocycles. The molecule has 1 heterocycles. The molecule has 3 aromatic rings. The number of alkyl halides is 3. The lowest BCUT2D eigenvalue weighted by Gasteiger charge is -2.05. The Kier molecular flexibility index (Phi) is 8.35. The second-order valence-electron chi connectivity index (χ2n) is 5.95. The Hall–Kier alpha value is -2.08. The van der Waals surface area contributed by atoms with Crippen LogP contribution < -0.4 is 5.43 Å². The van der Waals surface area contributed by atoms with Crippen LogP contribution in [0.2, 0.25) is 5.02 Å². The number of thioether (sulfide) groups is 2. The molecule has 12 heteroatoms. The van der Waals surface area contributed by atoms with E-state index in [0.29, 0.717) is 14.9 Å². The highest BCUT2D eigenvalue weighted by molar-refractivity contribution is 8.03. The van der Waals surface area contributed by atoms with Gasteiger partial charge in [0.15, 0.2) is 8.68 Å². The quantitative estimate of drug-likeness (QED) is 0.241. The van der Waals surface area contributed by atoms with Gasteiger partial charge < -0.3 is 0 Å². The van der Waals surface area contributed by atoms with E-state index in [-0.39, 0.29) is 11.7 Å². The maximum Gasteiger partial charge on any atom is 0.416 e. The van der Waals surface area contributed by atoms with Crippen LogP contribution in [-0.4, -0.2) is 28.1 Å². The molecule has 3 rings (SSSR count). The highest BCUT2D eigenvalue weighted by atomic mass is 35.5. The number of hydrogen-bond donors (Lipinski definition) is 1. The van der Waals surface area contributed by atoms with E-state index < -0.39 is 11.7 Å². The third kappa shape index (κ3) is 7.84. The first-order chi connectivity index (χ1) is 14.8. The van der Waals surface area contributed by atoms with Crippen molar-refractivity contribution >= 4 is 58.6 Å². The van der Waals surface area contributed by atoms with Crippen LogP contribution in [0.5, 0.6) is 0 Å². The summed E-state index contributed by atoms with van der Waals surface area (Å²) in [7, 11) is 0. The van der Waals surface area contributed by atoms with Crippen molar-refractivity contribution in [1.82, 2.24) is 15.6 Å². The molecule has 0 bridgehead atoms. The van der Waals surface area contributed by atoms with Gasteiger partial charge >= 0.3 is 6.18 Å². The zero-order chi connectivity index (χ0) is 22.3. The summed E-state index contributed by atoms with van der Waals surface area (Å²) in [5.74, 6) is 0.454. The molecule has 162 valence electrons. The van der Waals surface area contributed by atoms with E-state index in [1.165, 1.54) is 41.4 Å². The number of nitrogens with zero attached hydrogens (tertiary/aromatic N) is 3. The van der Waals surface area contributed by atoms with E-state index in [1.54, 1.807) is 11.8 Å². The fraction of sp³-hybridized carbons (Fsp3) is 0.158. The minimum absolute atomic E-state index is 0.0842. The lowest BCUT2D eigenvalue weighted by molar-refractivity contribution is -0.137. The molecular formula is C19H14ClF3N4OS3. The number of aromatic nitrogens is 2. The third-order valence-corrected chi connectivity index (χ3v) is 7.14. The maximum absolute atomic E-state index is 12.5. The zero-order valence-corrected chi connectivity index (χ0v) is 18.8. The predicted molar refractivity (Wildman–Crippen MR) is 119 cm³/mol. The fourth-order valence-corrected chi connectivity index (χ4v) is 5.03. The molecular weight excluding hydrogens is 489 g/mol. The van der Waals surface area contributed by atoms with Crippen molar-refractivity contribution in [3.05, 3.63) is 70.2 Å². The number of carbonyl (C=O) groups excluding carboxylic acids is 1. The second kappa shape index (κ2) is 11.0. The Morgan fingerprint density at radius 1 is 1.06 bits per heavy atom. The molecule has 0 aliphatic rings. The van der Waals surface area contributed by atoms with Gasteiger partial charge in [0.25, 0.3) is 5.91 Å². The fourth-order valence-electron chi connectivity index (χ4n) is 2.14. The maximum atomic E-state index is 12.5. The number of amides is 1. The highest BCUT2D eigenvalue weighted by Crippen LogP contribution is 2.31. The molecule has 0 saturated heterocycles. The average molecular weight is 503 g/mol. The van der Waals surface area contributed by atoms with Crippen LogP contribution in [0, 0.1) is 0 Å². The first-order valence-corrected chi connectivity index (χ1v) is 11.8. The van der Waals surface area contributed by atoms with Gasteiger partial charge in [-0.3, -0.25) is 4.79 Å². The number of carbonyl (C=O) groups is 1. The highest BCUT2D eigenvalue weighted by Gasteiger charge is 2.29. The van der Waals surface area contributed by atoms with Crippen LogP contribution in [0.3, 0.4) is 0 Å². The largest absolute Gasteiger partial charge is 0.416 e. The lowest BCUT2D eigenvalue weighted by atomic mass is 10.1. The molecule has 0 unspecified atom stereocenters. The molecule has 0 fully saturated rings. The van der Waals surface area contributed by atoms with Crippen LogP contribution in [0.15, 0.2) is 62.3 Å². The van der Waals surface area contributed by atoms with Crippen LogP contribution in [0.1, 0.15) is 16.7 Å². The topological polar surface area (TPSA) is 67.2 Å². The van der Waals surface area contributed by atoms with Crippen molar-refractivity contribution in [2.24, 2.45) is 5.10 Å². The Morgan fingerprint density at radius 3 is 2.35 bits per heavy atom. The SMILES string of the molecule is O=C(CSc1nnc(SCc2ccc(Cl)cc2)s1)N/N=C/c1ccc(C(F)(F)F)cc1. The van der Waals surface area contributed by atoms with E-state index in [9.17, 15) is 18.0 Å². The number of benzene rings is 2. The van der Waals surface area contributed by atoms with Crippen LogP contribution in [0.4, 0.5) is 13.2 Å². The van der Waals surface area contributed by atoms with Crippen LogP contribution in [0.25, 0.3) is 0 Å². The minimum Gasteiger partial charge on any atom is -0.272 e. The second-order valence-corrected chi connectivity index (χ2v) is 9.81. The van der Waals surface area contributed by atoms with Crippen molar-refractivity contribution < 1.29 is 18.0 Å². The first-order valence-electron chi connectivity index (χ1n) is 8.62. The Morgan fingerprint density at radius 2 is 1.71 bits per heavy atom. The number of halogens is 4. The summed E-state index contributed by atoms with van der Waals surface area (Å²) in [5, 5.41) is 12.6. The molecule has 1 amide bonds. The first kappa shape index (κ1) is 23.6. The van der Waals surface area contributed by atoms with Crippen molar-refractivity contribution in [2.45, 2.75) is 20.6 Å². The molecule has 2 aromatic carbocycles. The van der Waals surface area contributed by atoms with Crippen molar-refractivity contribution in [3.8, 4) is 0 Å². The molecule has 0 radical (unpaired) electrons. The Labute approximate surface area is 193 Å². The number of hydrazone groups is 1.